The molecule has 0 spiro atoms. The van der Waals surface area contributed by atoms with E-state index in [9.17, 15) is 14.4 Å². The van der Waals surface area contributed by atoms with Crippen molar-refractivity contribution in [3.63, 3.8) is 0 Å². The number of nitrogens with zero attached hydrogens (tertiary/aromatic N) is 3. The lowest BCUT2D eigenvalue weighted by atomic mass is 10.0. The fourth-order valence-electron chi connectivity index (χ4n) is 4.44. The normalized spacial score (nSPS) is 13.8. The number of rotatable bonds is 8. The van der Waals surface area contributed by atoms with Crippen molar-refractivity contribution in [1.82, 2.24) is 19.6 Å². The number of aromatic amines is 1. The molecule has 1 aliphatic heterocycles. The summed E-state index contributed by atoms with van der Waals surface area (Å²) in [6.07, 6.45) is 0. The molecular weight excluding hydrogens is 444 g/mol. The van der Waals surface area contributed by atoms with E-state index >= 15 is 0 Å². The van der Waals surface area contributed by atoms with E-state index in [0.29, 0.717) is 17.9 Å². The van der Waals surface area contributed by atoms with Gasteiger partial charge in [-0.3, -0.25) is 24.4 Å². The quantitative estimate of drug-likeness (QED) is 0.507. The van der Waals surface area contributed by atoms with Gasteiger partial charge in [-0.25, -0.2) is 4.68 Å². The Balaban J connectivity index is 1.87. The van der Waals surface area contributed by atoms with Gasteiger partial charge < -0.3 is 9.64 Å². The number of nitrogens with one attached hydrogen (secondary N) is 1. The lowest BCUT2D eigenvalue weighted by Crippen LogP contribution is -2.36. The zero-order valence-corrected chi connectivity index (χ0v) is 20.7. The van der Waals surface area contributed by atoms with Gasteiger partial charge in [-0.15, -0.1) is 0 Å². The Hall–Kier alpha value is -3.91. The summed E-state index contributed by atoms with van der Waals surface area (Å²) >= 11 is 0. The van der Waals surface area contributed by atoms with Gasteiger partial charge in [-0.1, -0.05) is 42.5 Å². The Morgan fingerprint density at radius 3 is 2.37 bits per heavy atom. The highest BCUT2D eigenvalue weighted by molar-refractivity contribution is 6.35. The standard InChI is InChI=1S/C27H30N4O4/c1-17-11-12-18(2)21(15-17)31-26(33)22(19(3)28-31)23-24(27(34)30(25(23)32)13-14-35-5)29(4)16-20-9-7-6-8-10-20/h6-12,15,28H,13-14,16H2,1-5H3. The average Bonchev–Trinajstić information content (AvgIpc) is 3.25. The predicted octanol–water partition coefficient (Wildman–Crippen LogP) is 2.95. The number of likely N-dealkylation sites (N-methyl/N-ethyl adjacent to an activating group) is 1. The number of hydrogen-bond acceptors (Lipinski definition) is 5. The second kappa shape index (κ2) is 9.76. The van der Waals surface area contributed by atoms with Crippen LogP contribution in [0.5, 0.6) is 0 Å². The summed E-state index contributed by atoms with van der Waals surface area (Å²) < 4.78 is 6.57. The van der Waals surface area contributed by atoms with Crippen molar-refractivity contribution in [3.8, 4) is 5.69 Å². The molecule has 1 N–H and O–H groups in total. The van der Waals surface area contributed by atoms with Gasteiger partial charge in [0.15, 0.2) is 0 Å². The van der Waals surface area contributed by atoms with E-state index in [2.05, 4.69) is 5.10 Å². The van der Waals surface area contributed by atoms with Gasteiger partial charge in [0.2, 0.25) is 0 Å². The highest BCUT2D eigenvalue weighted by atomic mass is 16.5. The van der Waals surface area contributed by atoms with Crippen LogP contribution in [0.15, 0.2) is 59.0 Å². The molecule has 0 aliphatic carbocycles. The van der Waals surface area contributed by atoms with Gasteiger partial charge in [-0.2, -0.15) is 0 Å². The Morgan fingerprint density at radius 2 is 1.69 bits per heavy atom. The lowest BCUT2D eigenvalue weighted by molar-refractivity contribution is -0.138. The van der Waals surface area contributed by atoms with Gasteiger partial charge in [-0.05, 0) is 43.5 Å². The maximum atomic E-state index is 13.7. The molecule has 182 valence electrons. The molecule has 0 saturated carbocycles. The molecule has 0 bridgehead atoms. The van der Waals surface area contributed by atoms with E-state index in [1.165, 1.54) is 11.8 Å². The highest BCUT2D eigenvalue weighted by Gasteiger charge is 2.42. The molecule has 8 nitrogen and oxygen atoms in total. The number of aromatic nitrogens is 2. The van der Waals surface area contributed by atoms with Crippen LogP contribution in [0.2, 0.25) is 0 Å². The van der Waals surface area contributed by atoms with E-state index in [1.54, 1.807) is 18.9 Å². The summed E-state index contributed by atoms with van der Waals surface area (Å²) in [6, 6.07) is 15.5. The number of hydrogen-bond donors (Lipinski definition) is 1. The topological polar surface area (TPSA) is 87.6 Å². The summed E-state index contributed by atoms with van der Waals surface area (Å²) in [4.78, 5) is 43.6. The number of H-pyrrole nitrogens is 1. The van der Waals surface area contributed by atoms with Crippen molar-refractivity contribution in [2.75, 3.05) is 27.3 Å². The third-order valence-corrected chi connectivity index (χ3v) is 6.23. The second-order valence-corrected chi connectivity index (χ2v) is 8.86. The van der Waals surface area contributed by atoms with Crippen molar-refractivity contribution in [2.24, 2.45) is 0 Å². The molecule has 35 heavy (non-hydrogen) atoms. The minimum atomic E-state index is -0.491. The number of carbonyl (C=O) groups excluding carboxylic acids is 2. The highest BCUT2D eigenvalue weighted by Crippen LogP contribution is 2.32. The first-order chi connectivity index (χ1) is 16.7. The van der Waals surface area contributed by atoms with Crippen LogP contribution in [0.1, 0.15) is 27.9 Å². The molecule has 0 atom stereocenters. The fourth-order valence-corrected chi connectivity index (χ4v) is 4.44. The van der Waals surface area contributed by atoms with Crippen molar-refractivity contribution < 1.29 is 14.3 Å². The molecule has 2 amide bonds. The zero-order chi connectivity index (χ0) is 25.3. The molecule has 0 radical (unpaired) electrons. The molecule has 2 aromatic carbocycles. The van der Waals surface area contributed by atoms with Crippen LogP contribution in [-0.2, 0) is 20.9 Å². The summed E-state index contributed by atoms with van der Waals surface area (Å²) in [5.74, 6) is -0.923. The number of benzene rings is 2. The summed E-state index contributed by atoms with van der Waals surface area (Å²) in [6.45, 7) is 6.35. The Morgan fingerprint density at radius 1 is 0.971 bits per heavy atom. The molecular formula is C27H30N4O4. The van der Waals surface area contributed by atoms with Crippen LogP contribution >= 0.6 is 0 Å². The van der Waals surface area contributed by atoms with Crippen molar-refractivity contribution in [2.45, 2.75) is 27.3 Å². The van der Waals surface area contributed by atoms with Crippen LogP contribution in [0, 0.1) is 20.8 Å². The third-order valence-electron chi connectivity index (χ3n) is 6.23. The minimum Gasteiger partial charge on any atom is -0.383 e. The smallest absolute Gasteiger partial charge is 0.279 e. The second-order valence-electron chi connectivity index (χ2n) is 8.86. The van der Waals surface area contributed by atoms with Crippen molar-refractivity contribution in [3.05, 3.63) is 92.5 Å². The molecule has 1 aliphatic rings. The van der Waals surface area contributed by atoms with Crippen LogP contribution in [0.25, 0.3) is 11.3 Å². The van der Waals surface area contributed by atoms with Gasteiger partial charge in [0.05, 0.1) is 30.0 Å². The van der Waals surface area contributed by atoms with E-state index in [-0.39, 0.29) is 35.5 Å². The Labute approximate surface area is 204 Å². The van der Waals surface area contributed by atoms with Crippen LogP contribution in [0.4, 0.5) is 0 Å². The van der Waals surface area contributed by atoms with Crippen molar-refractivity contribution in [1.29, 1.82) is 0 Å². The van der Waals surface area contributed by atoms with Gasteiger partial charge in [0, 0.05) is 26.4 Å². The number of carbonyl (C=O) groups is 2. The van der Waals surface area contributed by atoms with Gasteiger partial charge >= 0.3 is 0 Å². The summed E-state index contributed by atoms with van der Waals surface area (Å²) in [7, 11) is 3.28. The van der Waals surface area contributed by atoms with E-state index in [4.69, 9.17) is 4.74 Å². The van der Waals surface area contributed by atoms with Gasteiger partial charge in [0.25, 0.3) is 17.4 Å². The maximum absolute atomic E-state index is 13.7. The SMILES string of the molecule is COCCN1C(=O)C(c2c(C)[nH]n(-c3cc(C)ccc3C)c2=O)=C(N(C)Cc2ccccc2)C1=O. The van der Waals surface area contributed by atoms with Gasteiger partial charge in [0.1, 0.15) is 5.70 Å². The number of imide groups is 1. The van der Waals surface area contributed by atoms with E-state index in [0.717, 1.165) is 21.6 Å². The first-order valence-corrected chi connectivity index (χ1v) is 11.5. The first kappa shape index (κ1) is 24.2. The van der Waals surface area contributed by atoms with Crippen LogP contribution < -0.4 is 5.56 Å². The number of aryl methyl sites for hydroxylation is 3. The Kier molecular flexibility index (Phi) is 6.75. The summed E-state index contributed by atoms with van der Waals surface area (Å²) in [5.41, 5.74) is 4.29. The molecule has 0 unspecified atom stereocenters. The third kappa shape index (κ3) is 4.44. The molecule has 4 rings (SSSR count). The van der Waals surface area contributed by atoms with Crippen molar-refractivity contribution >= 4 is 17.4 Å². The van der Waals surface area contributed by atoms with Crippen LogP contribution in [0.3, 0.4) is 0 Å². The largest absolute Gasteiger partial charge is 0.383 e. The number of ether oxygens (including phenoxy) is 1. The Bertz CT molecular complexity index is 1370. The molecule has 3 aromatic rings. The lowest BCUT2D eigenvalue weighted by Gasteiger charge is -2.21. The molecule has 2 heterocycles. The average molecular weight is 475 g/mol. The first-order valence-electron chi connectivity index (χ1n) is 11.5. The minimum absolute atomic E-state index is 0.106. The van der Waals surface area contributed by atoms with Crippen LogP contribution in [-0.4, -0.2) is 58.7 Å². The monoisotopic (exact) mass is 474 g/mol. The fraction of sp³-hybridized carbons (Fsp3) is 0.296. The number of amides is 2. The number of methoxy groups -OCH3 is 1. The molecule has 1 aromatic heterocycles. The van der Waals surface area contributed by atoms with E-state index in [1.807, 2.05) is 62.4 Å². The summed E-state index contributed by atoms with van der Waals surface area (Å²) in [5, 5.41) is 3.12. The maximum Gasteiger partial charge on any atom is 0.279 e. The molecule has 0 saturated heterocycles. The van der Waals surface area contributed by atoms with E-state index < -0.39 is 11.8 Å². The molecule has 8 heteroatoms. The zero-order valence-electron chi connectivity index (χ0n) is 20.7. The molecule has 0 fully saturated rings. The predicted molar refractivity (Wildman–Crippen MR) is 134 cm³/mol.